The van der Waals surface area contributed by atoms with Crippen LogP contribution in [0.3, 0.4) is 0 Å². The molecule has 1 aromatic carbocycles. The lowest BCUT2D eigenvalue weighted by atomic mass is 9.66. The van der Waals surface area contributed by atoms with Crippen molar-refractivity contribution in [2.24, 2.45) is 11.3 Å². The van der Waals surface area contributed by atoms with Crippen molar-refractivity contribution in [3.63, 3.8) is 0 Å². The first-order chi connectivity index (χ1) is 9.99. The molecule has 5 heteroatoms. The summed E-state index contributed by atoms with van der Waals surface area (Å²) in [7, 11) is 0. The van der Waals surface area contributed by atoms with E-state index in [0.717, 1.165) is 5.69 Å². The van der Waals surface area contributed by atoms with Gasteiger partial charge in [0.2, 0.25) is 5.91 Å². The summed E-state index contributed by atoms with van der Waals surface area (Å²) < 4.78 is 5.89. The van der Waals surface area contributed by atoms with Crippen LogP contribution < -0.4 is 10.0 Å². The zero-order valence-corrected chi connectivity index (χ0v) is 11.5. The van der Waals surface area contributed by atoms with Gasteiger partial charge in [-0.3, -0.25) is 4.79 Å². The first kappa shape index (κ1) is 12.6. The molecule has 2 saturated heterocycles. The maximum absolute atomic E-state index is 12.8. The molecule has 3 aliphatic rings. The van der Waals surface area contributed by atoms with Crippen molar-refractivity contribution < 1.29 is 19.4 Å². The van der Waals surface area contributed by atoms with Gasteiger partial charge in [0.25, 0.3) is 0 Å². The summed E-state index contributed by atoms with van der Waals surface area (Å²) in [5.41, 5.74) is -1.39. The number of ether oxygens (including phenoxy) is 1. The van der Waals surface area contributed by atoms with Gasteiger partial charge in [0.05, 0.1) is 30.0 Å². The van der Waals surface area contributed by atoms with E-state index in [1.165, 1.54) is 0 Å². The van der Waals surface area contributed by atoms with Crippen molar-refractivity contribution in [3.05, 3.63) is 42.5 Å². The van der Waals surface area contributed by atoms with Crippen LogP contribution in [0.1, 0.15) is 6.92 Å². The van der Waals surface area contributed by atoms with Crippen molar-refractivity contribution >= 4 is 17.6 Å². The van der Waals surface area contributed by atoms with Gasteiger partial charge in [-0.1, -0.05) is 37.3 Å². The number of hydrogen-bond donors (Lipinski definition) is 0. The maximum Gasteiger partial charge on any atom is 0.234 e. The van der Waals surface area contributed by atoms with Gasteiger partial charge in [0, 0.05) is 5.69 Å². The molecule has 0 unspecified atom stereocenters. The average molecular weight is 284 g/mol. The summed E-state index contributed by atoms with van der Waals surface area (Å²) in [5, 5.41) is 11.6. The van der Waals surface area contributed by atoms with Gasteiger partial charge in [0.1, 0.15) is 5.60 Å². The van der Waals surface area contributed by atoms with Crippen LogP contribution in [0.2, 0.25) is 0 Å². The van der Waals surface area contributed by atoms with Crippen LogP contribution in [0.15, 0.2) is 42.5 Å². The third kappa shape index (κ3) is 1.34. The maximum atomic E-state index is 12.8. The van der Waals surface area contributed by atoms with E-state index in [1.807, 2.05) is 36.4 Å². The molecular weight excluding hydrogens is 270 g/mol. The molecule has 1 amide bonds. The highest BCUT2D eigenvalue weighted by Crippen LogP contribution is 2.58. The van der Waals surface area contributed by atoms with Gasteiger partial charge in [0.15, 0.2) is 0 Å². The molecule has 4 rings (SSSR count). The number of fused-ring (bicyclic) bond motifs is 1. The number of carboxylic acids is 1. The van der Waals surface area contributed by atoms with Gasteiger partial charge >= 0.3 is 0 Å². The summed E-state index contributed by atoms with van der Waals surface area (Å²) in [6, 6.07) is 9.24. The van der Waals surface area contributed by atoms with Crippen LogP contribution >= 0.6 is 0 Å². The number of hydrogen-bond acceptors (Lipinski definition) is 4. The molecule has 108 valence electrons. The predicted molar refractivity (Wildman–Crippen MR) is 72.1 cm³/mol. The number of para-hydroxylation sites is 1. The van der Waals surface area contributed by atoms with E-state index in [2.05, 4.69) is 0 Å². The Morgan fingerprint density at radius 1 is 1.38 bits per heavy atom. The monoisotopic (exact) mass is 284 g/mol. The van der Waals surface area contributed by atoms with E-state index in [0.29, 0.717) is 6.54 Å². The number of aliphatic carboxylic acids is 1. The molecular formula is C16H14NO4-. The number of benzene rings is 1. The third-order valence-corrected chi connectivity index (χ3v) is 5.00. The molecule has 1 spiro atoms. The number of nitrogens with zero attached hydrogens (tertiary/aromatic N) is 1. The van der Waals surface area contributed by atoms with Crippen molar-refractivity contribution in [2.75, 3.05) is 11.4 Å². The lowest BCUT2D eigenvalue weighted by Crippen LogP contribution is -2.53. The Morgan fingerprint density at radius 2 is 2.10 bits per heavy atom. The molecule has 0 radical (unpaired) electrons. The number of amides is 1. The van der Waals surface area contributed by atoms with Crippen LogP contribution in [0, 0.1) is 11.3 Å². The predicted octanol–water partition coefficient (Wildman–Crippen LogP) is 0.113. The lowest BCUT2D eigenvalue weighted by Gasteiger charge is -2.35. The van der Waals surface area contributed by atoms with Crippen LogP contribution in [-0.2, 0) is 14.3 Å². The van der Waals surface area contributed by atoms with Gasteiger partial charge in [-0.25, -0.2) is 0 Å². The van der Waals surface area contributed by atoms with Gasteiger partial charge < -0.3 is 19.5 Å². The highest BCUT2D eigenvalue weighted by molar-refractivity contribution is 6.03. The van der Waals surface area contributed by atoms with E-state index in [4.69, 9.17) is 4.74 Å². The fraction of sp³-hybridized carbons (Fsp3) is 0.375. The second kappa shape index (κ2) is 3.74. The second-order valence-corrected chi connectivity index (χ2v) is 6.12. The van der Waals surface area contributed by atoms with Gasteiger partial charge in [-0.15, -0.1) is 0 Å². The molecule has 21 heavy (non-hydrogen) atoms. The number of anilines is 1. The fourth-order valence-corrected chi connectivity index (χ4v) is 3.91. The second-order valence-electron chi connectivity index (χ2n) is 6.12. The quantitative estimate of drug-likeness (QED) is 0.723. The normalized spacial score (nSPS) is 39.9. The topological polar surface area (TPSA) is 69.7 Å². The van der Waals surface area contributed by atoms with Gasteiger partial charge in [-0.05, 0) is 12.1 Å². The Kier molecular flexibility index (Phi) is 2.24. The van der Waals surface area contributed by atoms with Crippen LogP contribution in [0.25, 0.3) is 0 Å². The van der Waals surface area contributed by atoms with Gasteiger partial charge in [-0.2, -0.15) is 0 Å². The van der Waals surface area contributed by atoms with Crippen molar-refractivity contribution in [3.8, 4) is 0 Å². The highest BCUT2D eigenvalue weighted by Gasteiger charge is 2.70. The molecule has 3 aliphatic heterocycles. The van der Waals surface area contributed by atoms with E-state index in [-0.39, 0.29) is 5.91 Å². The minimum Gasteiger partial charge on any atom is -0.549 e. The first-order valence-corrected chi connectivity index (χ1v) is 6.94. The molecule has 0 saturated carbocycles. The molecule has 3 heterocycles. The Labute approximate surface area is 121 Å². The molecule has 2 bridgehead atoms. The zero-order chi connectivity index (χ0) is 14.8. The summed E-state index contributed by atoms with van der Waals surface area (Å²) in [5.74, 6) is -2.17. The Bertz CT molecular complexity index is 670. The smallest absolute Gasteiger partial charge is 0.234 e. The van der Waals surface area contributed by atoms with Crippen LogP contribution in [0.4, 0.5) is 5.69 Å². The van der Waals surface area contributed by atoms with Crippen molar-refractivity contribution in [2.45, 2.75) is 18.6 Å². The Balaban J connectivity index is 1.81. The molecule has 4 atom stereocenters. The van der Waals surface area contributed by atoms with Crippen LogP contribution in [0.5, 0.6) is 0 Å². The minimum absolute atomic E-state index is 0.209. The minimum atomic E-state index is -1.31. The Morgan fingerprint density at radius 3 is 2.76 bits per heavy atom. The number of carbonyl (C=O) groups is 2. The molecule has 0 aliphatic carbocycles. The van der Waals surface area contributed by atoms with Crippen molar-refractivity contribution in [1.82, 2.24) is 0 Å². The van der Waals surface area contributed by atoms with E-state index < -0.39 is 29.0 Å². The average Bonchev–Trinajstić information content (AvgIpc) is 3.09. The molecule has 2 fully saturated rings. The standard InChI is InChI=1S/C16H15NO4/c1-15(14(19)20)11-7-8-16(21-11)9-17(13(18)12(15)16)10-5-3-2-4-6-10/h2-8,11-12H,9H2,1H3,(H,19,20)/p-1/t11-,12-,15-,16-/m1/s1. The lowest BCUT2D eigenvalue weighted by molar-refractivity contribution is -0.321. The van der Waals surface area contributed by atoms with E-state index in [1.54, 1.807) is 17.9 Å². The molecule has 1 aromatic rings. The summed E-state index contributed by atoms with van der Waals surface area (Å²) in [6.45, 7) is 1.89. The first-order valence-electron chi connectivity index (χ1n) is 6.94. The molecule has 5 nitrogen and oxygen atoms in total. The number of rotatable bonds is 2. The molecule has 0 N–H and O–H groups in total. The van der Waals surface area contributed by atoms with E-state index in [9.17, 15) is 14.7 Å². The third-order valence-electron chi connectivity index (χ3n) is 5.00. The van der Waals surface area contributed by atoms with Crippen LogP contribution in [-0.4, -0.2) is 30.1 Å². The fourth-order valence-electron chi connectivity index (χ4n) is 3.91. The summed E-state index contributed by atoms with van der Waals surface area (Å²) in [6.07, 6.45) is 3.00. The number of carbonyl (C=O) groups excluding carboxylic acids is 2. The van der Waals surface area contributed by atoms with Crippen molar-refractivity contribution in [1.29, 1.82) is 0 Å². The summed E-state index contributed by atoms with van der Waals surface area (Å²) >= 11 is 0. The zero-order valence-electron chi connectivity index (χ0n) is 11.5. The Hall–Kier alpha value is -2.14. The number of carboxylic acid groups (broad SMARTS) is 1. The molecule has 0 aromatic heterocycles. The SMILES string of the molecule is C[C@]1(C(=O)[O-])[C@H]2C(=O)N(c3ccccc3)C[C@]23C=C[C@H]1O3. The highest BCUT2D eigenvalue weighted by atomic mass is 16.5. The largest absolute Gasteiger partial charge is 0.549 e. The van der Waals surface area contributed by atoms with E-state index >= 15 is 0 Å². The summed E-state index contributed by atoms with van der Waals surface area (Å²) in [4.78, 5) is 26.1.